The summed E-state index contributed by atoms with van der Waals surface area (Å²) < 4.78 is 97.8. The molecule has 1 saturated carbocycles. The second-order valence-corrected chi connectivity index (χ2v) is 11.4. The molecule has 1 heterocycles. The van der Waals surface area contributed by atoms with E-state index in [0.29, 0.717) is 47.5 Å². The van der Waals surface area contributed by atoms with Gasteiger partial charge in [0.25, 0.3) is 0 Å². The van der Waals surface area contributed by atoms with Gasteiger partial charge in [0.2, 0.25) is 0 Å². The Kier molecular flexibility index (Phi) is 9.86. The van der Waals surface area contributed by atoms with E-state index in [2.05, 4.69) is 0 Å². The lowest BCUT2D eigenvalue weighted by atomic mass is 9.77. The Hall–Kier alpha value is -3.68. The van der Waals surface area contributed by atoms with Crippen LogP contribution in [0.4, 0.5) is 41.6 Å². The Balaban J connectivity index is 1.91. The Morgan fingerprint density at radius 2 is 1.60 bits per heavy atom. The van der Waals surface area contributed by atoms with Crippen molar-refractivity contribution in [2.24, 2.45) is 0 Å². The molecule has 0 saturated heterocycles. The number of fused-ring (bicyclic) bond motifs is 1. The van der Waals surface area contributed by atoms with Gasteiger partial charge in [0.15, 0.2) is 0 Å². The van der Waals surface area contributed by atoms with Crippen molar-refractivity contribution < 1.29 is 55.2 Å². The van der Waals surface area contributed by atoms with Crippen LogP contribution in [0.15, 0.2) is 30.3 Å². The van der Waals surface area contributed by atoms with Crippen molar-refractivity contribution in [2.75, 3.05) is 32.3 Å². The highest BCUT2D eigenvalue weighted by atomic mass is 19.4. The highest BCUT2D eigenvalue weighted by Crippen LogP contribution is 2.50. The minimum absolute atomic E-state index is 0.0214. The molecule has 248 valence electrons. The van der Waals surface area contributed by atoms with E-state index in [4.69, 9.17) is 14.2 Å². The minimum atomic E-state index is -5.08. The van der Waals surface area contributed by atoms with Gasteiger partial charge in [0, 0.05) is 29.1 Å². The fourth-order valence-corrected chi connectivity index (χ4v) is 6.49. The Morgan fingerprint density at radius 3 is 2.09 bits per heavy atom. The van der Waals surface area contributed by atoms with Crippen LogP contribution in [-0.4, -0.2) is 55.7 Å². The molecule has 1 fully saturated rings. The molecule has 1 aliphatic heterocycles. The van der Waals surface area contributed by atoms with Crippen molar-refractivity contribution in [3.63, 3.8) is 0 Å². The van der Waals surface area contributed by atoms with E-state index in [1.807, 2.05) is 0 Å². The van der Waals surface area contributed by atoms with Crippen LogP contribution in [0.1, 0.15) is 79.8 Å². The largest absolute Gasteiger partial charge is 0.496 e. The number of ether oxygens (including phenoxy) is 3. The Morgan fingerprint density at radius 1 is 1.00 bits per heavy atom. The molecule has 8 nitrogen and oxygen atoms in total. The molecule has 0 spiro atoms. The first kappa shape index (κ1) is 34.2. The lowest BCUT2D eigenvalue weighted by Gasteiger charge is -2.43. The van der Waals surface area contributed by atoms with Crippen LogP contribution in [0, 0.1) is 0 Å². The van der Waals surface area contributed by atoms with Gasteiger partial charge in [-0.25, -0.2) is 9.59 Å². The fourth-order valence-electron chi connectivity index (χ4n) is 6.49. The van der Waals surface area contributed by atoms with Crippen molar-refractivity contribution in [1.82, 2.24) is 4.90 Å². The quantitative estimate of drug-likeness (QED) is 0.312. The van der Waals surface area contributed by atoms with E-state index in [1.165, 1.54) is 12.0 Å². The maximum atomic E-state index is 13.6. The summed E-state index contributed by atoms with van der Waals surface area (Å²) >= 11 is 0. The molecule has 0 bridgehead atoms. The highest BCUT2D eigenvalue weighted by molar-refractivity contribution is 5.91. The number of anilines is 1. The molecule has 2 aromatic rings. The highest BCUT2D eigenvalue weighted by Gasteiger charge is 2.44. The molecule has 45 heavy (non-hydrogen) atoms. The second kappa shape index (κ2) is 13.0. The number of carbonyl (C=O) groups is 2. The summed E-state index contributed by atoms with van der Waals surface area (Å²) in [6.07, 6.45) is -8.77. The molecule has 2 aromatic carbocycles. The number of rotatable bonds is 7. The molecule has 4 rings (SSSR count). The molecular weight excluding hydrogens is 610 g/mol. The molecule has 2 amide bonds. The minimum Gasteiger partial charge on any atom is -0.496 e. The molecular formula is C31H36F6N2O6. The number of halogens is 6. The fraction of sp³-hybridized carbons (Fsp3) is 0.548. The van der Waals surface area contributed by atoms with Crippen LogP contribution in [0.2, 0.25) is 0 Å². The normalized spacial score (nSPS) is 19.6. The molecule has 0 aromatic heterocycles. The van der Waals surface area contributed by atoms with Gasteiger partial charge in [-0.05, 0) is 69.0 Å². The summed E-state index contributed by atoms with van der Waals surface area (Å²) in [6.45, 7) is 2.54. The number of aliphatic hydroxyl groups excluding tert-OH is 1. The number of carbonyl (C=O) groups excluding carboxylic acids is 2. The third kappa shape index (κ3) is 6.80. The van der Waals surface area contributed by atoms with Crippen molar-refractivity contribution in [3.8, 4) is 5.75 Å². The van der Waals surface area contributed by atoms with E-state index in [-0.39, 0.29) is 25.7 Å². The molecule has 14 heteroatoms. The zero-order chi connectivity index (χ0) is 33.3. The van der Waals surface area contributed by atoms with Gasteiger partial charge < -0.3 is 19.3 Å². The predicted molar refractivity (Wildman–Crippen MR) is 151 cm³/mol. The number of amides is 2. The monoisotopic (exact) mass is 646 g/mol. The summed E-state index contributed by atoms with van der Waals surface area (Å²) in [5.74, 6) is 0.358. The zero-order valence-electron chi connectivity index (χ0n) is 25.3. The Labute approximate surface area is 256 Å². The molecule has 0 unspecified atom stereocenters. The van der Waals surface area contributed by atoms with E-state index in [1.54, 1.807) is 26.0 Å². The number of aliphatic hydroxyl groups is 1. The van der Waals surface area contributed by atoms with Gasteiger partial charge >= 0.3 is 24.5 Å². The number of hydrogen-bond donors (Lipinski definition) is 1. The summed E-state index contributed by atoms with van der Waals surface area (Å²) in [6, 6.07) is 2.87. The smallest absolute Gasteiger partial charge is 0.416 e. The first-order valence-corrected chi connectivity index (χ1v) is 14.5. The van der Waals surface area contributed by atoms with Gasteiger partial charge in [-0.2, -0.15) is 26.3 Å². The topological polar surface area (TPSA) is 88.5 Å². The van der Waals surface area contributed by atoms with Crippen LogP contribution in [0.5, 0.6) is 5.75 Å². The van der Waals surface area contributed by atoms with Crippen LogP contribution in [0.25, 0.3) is 0 Å². The Bertz CT molecular complexity index is 1370. The first-order chi connectivity index (χ1) is 21.1. The van der Waals surface area contributed by atoms with E-state index in [9.17, 15) is 41.0 Å². The maximum absolute atomic E-state index is 13.6. The molecule has 0 radical (unpaired) electrons. The van der Waals surface area contributed by atoms with E-state index in [0.717, 1.165) is 24.9 Å². The van der Waals surface area contributed by atoms with Crippen molar-refractivity contribution >= 4 is 17.9 Å². The van der Waals surface area contributed by atoms with Crippen molar-refractivity contribution in [3.05, 3.63) is 58.1 Å². The lowest BCUT2D eigenvalue weighted by molar-refractivity contribution is -0.143. The standard InChI is InChI=1S/C31H36F6N2O6/c1-5-45-28(42)39-18(2)10-24(22-14-26(43-3)23(15-25(22)39)29(17-40)8-6-7-9-29)38(27(41)44-4)16-19-11-20(30(32,33)34)13-21(12-19)31(35,36)37/h11-15,18,24,40H,5-10,16-17H2,1-4H3/t18-,24+/m1/s1. The van der Waals surface area contributed by atoms with Crippen LogP contribution in [0.3, 0.4) is 0 Å². The second-order valence-electron chi connectivity index (χ2n) is 11.4. The van der Waals surface area contributed by atoms with Crippen LogP contribution in [-0.2, 0) is 33.8 Å². The SMILES string of the molecule is CCOC(=O)N1c2cc(C3(CO)CCCC3)c(OC)cc2[C@@H](N(Cc2cc(C(F)(F)F)cc(C(F)(F)F)c2)C(=O)OC)C[C@H]1C. The van der Waals surface area contributed by atoms with E-state index >= 15 is 0 Å². The zero-order valence-corrected chi connectivity index (χ0v) is 25.3. The van der Waals surface area contributed by atoms with Crippen LogP contribution >= 0.6 is 0 Å². The molecule has 2 atom stereocenters. The van der Waals surface area contributed by atoms with Crippen LogP contribution < -0.4 is 9.64 Å². The van der Waals surface area contributed by atoms with Gasteiger partial charge in [0.1, 0.15) is 5.75 Å². The third-order valence-electron chi connectivity index (χ3n) is 8.66. The molecule has 1 aliphatic carbocycles. The van der Waals surface area contributed by atoms with Gasteiger partial charge in [-0.1, -0.05) is 12.8 Å². The summed E-state index contributed by atoms with van der Waals surface area (Å²) in [7, 11) is 2.48. The third-order valence-corrected chi connectivity index (χ3v) is 8.66. The molecule has 2 aliphatic rings. The summed E-state index contributed by atoms with van der Waals surface area (Å²) in [5, 5.41) is 10.5. The lowest BCUT2D eigenvalue weighted by Crippen LogP contribution is -2.48. The number of benzene rings is 2. The maximum Gasteiger partial charge on any atom is 0.416 e. The van der Waals surface area contributed by atoms with Crippen molar-refractivity contribution in [2.45, 2.75) is 82.3 Å². The number of nitrogens with zero attached hydrogens (tertiary/aromatic N) is 2. The molecule has 1 N–H and O–H groups in total. The van der Waals surface area contributed by atoms with Gasteiger partial charge in [-0.15, -0.1) is 0 Å². The number of alkyl halides is 6. The van der Waals surface area contributed by atoms with E-state index < -0.39 is 65.3 Å². The summed E-state index contributed by atoms with van der Waals surface area (Å²) in [5.41, 5.74) is -2.80. The first-order valence-electron chi connectivity index (χ1n) is 14.5. The van der Waals surface area contributed by atoms with Crippen molar-refractivity contribution in [1.29, 1.82) is 0 Å². The average Bonchev–Trinajstić information content (AvgIpc) is 3.48. The van der Waals surface area contributed by atoms with Gasteiger partial charge in [-0.3, -0.25) is 9.80 Å². The average molecular weight is 647 g/mol. The number of hydrogen-bond acceptors (Lipinski definition) is 6. The number of methoxy groups -OCH3 is 2. The van der Waals surface area contributed by atoms with Gasteiger partial charge in [0.05, 0.1) is 50.3 Å². The predicted octanol–water partition coefficient (Wildman–Crippen LogP) is 7.60. The summed E-state index contributed by atoms with van der Waals surface area (Å²) in [4.78, 5) is 28.9.